The molecule has 0 spiro atoms. The van der Waals surface area contributed by atoms with Crippen molar-refractivity contribution in [2.75, 3.05) is 0 Å². The van der Waals surface area contributed by atoms with E-state index in [0.717, 1.165) is 79.8 Å². The third-order valence-electron chi connectivity index (χ3n) is 12.7. The van der Waals surface area contributed by atoms with Crippen LogP contribution in [0.2, 0.25) is 0 Å². The van der Waals surface area contributed by atoms with E-state index in [1.165, 1.54) is 54.6 Å². The van der Waals surface area contributed by atoms with E-state index in [2.05, 4.69) is 15.0 Å². The number of hydrogen-bond acceptors (Lipinski definition) is 15. The molecule has 0 saturated carbocycles. The highest BCUT2D eigenvalue weighted by Gasteiger charge is 2.38. The van der Waals surface area contributed by atoms with Crippen molar-refractivity contribution in [2.45, 2.75) is 18.5 Å². The number of benzene rings is 6. The minimum absolute atomic E-state index is 0.00686. The Morgan fingerprint density at radius 1 is 0.358 bits per heavy atom. The molecule has 24 heteroatoms. The molecule has 6 heterocycles. The van der Waals surface area contributed by atoms with Crippen LogP contribution in [0.4, 0.5) is 39.5 Å². The van der Waals surface area contributed by atoms with Gasteiger partial charge in [-0.2, -0.15) is 39.5 Å². The summed E-state index contributed by atoms with van der Waals surface area (Å²) in [4.78, 5) is 50.2. The summed E-state index contributed by atoms with van der Waals surface area (Å²) in [6.07, 6.45) is -7.88. The lowest BCUT2D eigenvalue weighted by Crippen LogP contribution is -2.13. The van der Waals surface area contributed by atoms with Crippen LogP contribution in [-0.2, 0) is 18.5 Å². The summed E-state index contributed by atoms with van der Waals surface area (Å²) in [6, 6.07) is 22.4. The van der Waals surface area contributed by atoms with Crippen LogP contribution in [0, 0.1) is 0 Å². The summed E-state index contributed by atoms with van der Waals surface area (Å²) >= 11 is 0. The number of aromatic hydroxyl groups is 6. The summed E-state index contributed by atoms with van der Waals surface area (Å²) in [7, 11) is 0. The van der Waals surface area contributed by atoms with Gasteiger partial charge in [-0.15, -0.1) is 0 Å². The standard InChI is InChI=1S/3C19H10F3NO4/c20-19(21,22)12-2-1-7-23-16(12)11-8-27-14-6-4-10-9(15(14)18(11)26)3-5-13(24)17(10)25;20-19(21,22)11-2-1-7-23-16(11)10-8-27-13-6-4-9-3-5-12(24)18(26)14(9)15(13)17(10)25;20-19(21,22)12-2-1-5-23-17(12)11-8-27-15-4-3-9-6-13(24)14(25)7-10(9)16(15)18(11)26/h1-8,24-25H;1-8,24,26H;1-8,24-25H. The smallest absolute Gasteiger partial charge is 0.418 e. The van der Waals surface area contributed by atoms with Gasteiger partial charge >= 0.3 is 18.5 Å². The number of fused-ring (bicyclic) bond motifs is 9. The molecule has 0 aliphatic heterocycles. The van der Waals surface area contributed by atoms with Gasteiger partial charge in [0.25, 0.3) is 0 Å². The van der Waals surface area contributed by atoms with Crippen molar-refractivity contribution >= 4 is 65.2 Å². The van der Waals surface area contributed by atoms with Gasteiger partial charge in [0, 0.05) is 40.1 Å². The number of alkyl halides is 9. The van der Waals surface area contributed by atoms with Crippen molar-refractivity contribution < 1.29 is 83.4 Å². The first-order chi connectivity index (χ1) is 38.3. The lowest BCUT2D eigenvalue weighted by Gasteiger charge is -2.12. The van der Waals surface area contributed by atoms with E-state index in [1.807, 2.05) is 0 Å². The molecule has 0 bridgehead atoms. The number of halogens is 9. The quantitative estimate of drug-likeness (QED) is 0.0547. The van der Waals surface area contributed by atoms with Crippen molar-refractivity contribution in [3.8, 4) is 68.3 Å². The highest BCUT2D eigenvalue weighted by atomic mass is 19.4. The van der Waals surface area contributed by atoms with Crippen LogP contribution in [0.1, 0.15) is 16.7 Å². The zero-order chi connectivity index (χ0) is 58.0. The number of phenols is 6. The predicted molar refractivity (Wildman–Crippen MR) is 275 cm³/mol. The molecule has 408 valence electrons. The Bertz CT molecular complexity index is 4610. The first-order valence-corrected chi connectivity index (χ1v) is 23.1. The third kappa shape index (κ3) is 9.67. The van der Waals surface area contributed by atoms with Crippen LogP contribution < -0.4 is 16.3 Å². The molecule has 0 unspecified atom stereocenters. The molecule has 15 nitrogen and oxygen atoms in total. The van der Waals surface area contributed by atoms with E-state index in [-0.39, 0.29) is 77.1 Å². The highest BCUT2D eigenvalue weighted by Crippen LogP contribution is 2.42. The highest BCUT2D eigenvalue weighted by molar-refractivity contribution is 6.11. The van der Waals surface area contributed by atoms with E-state index in [0.29, 0.717) is 10.8 Å². The molecule has 12 aromatic rings. The van der Waals surface area contributed by atoms with E-state index in [4.69, 9.17) is 13.3 Å². The summed E-state index contributed by atoms with van der Waals surface area (Å²) in [5.74, 6) is -2.69. The molecule has 0 fully saturated rings. The van der Waals surface area contributed by atoms with Gasteiger partial charge in [-0.1, -0.05) is 18.2 Å². The molecule has 0 aliphatic rings. The average Bonchev–Trinajstić information content (AvgIpc) is 3.62. The first kappa shape index (κ1) is 53.7. The molecule has 81 heavy (non-hydrogen) atoms. The molecular formula is C57H30F9N3O12. The molecule has 0 radical (unpaired) electrons. The molecule has 0 aliphatic carbocycles. The lowest BCUT2D eigenvalue weighted by atomic mass is 10.0. The van der Waals surface area contributed by atoms with Gasteiger partial charge in [0.2, 0.25) is 16.3 Å². The average molecular weight is 1120 g/mol. The predicted octanol–water partition coefficient (Wildman–Crippen LogP) is 13.3. The van der Waals surface area contributed by atoms with E-state index in [9.17, 15) is 84.5 Å². The van der Waals surface area contributed by atoms with Crippen LogP contribution in [0.25, 0.3) is 99.0 Å². The van der Waals surface area contributed by atoms with Crippen molar-refractivity contribution in [3.63, 3.8) is 0 Å². The van der Waals surface area contributed by atoms with Gasteiger partial charge in [-0.05, 0) is 102 Å². The Labute approximate surface area is 443 Å². The molecule has 0 atom stereocenters. The van der Waals surface area contributed by atoms with Crippen LogP contribution in [0.15, 0.2) is 174 Å². The van der Waals surface area contributed by atoms with Crippen LogP contribution in [-0.4, -0.2) is 45.6 Å². The Balaban J connectivity index is 0.000000136. The number of nitrogens with zero attached hydrogens (tertiary/aromatic N) is 3. The van der Waals surface area contributed by atoms with Crippen molar-refractivity contribution in [3.05, 3.63) is 194 Å². The minimum atomic E-state index is -4.72. The molecule has 0 amide bonds. The molecule has 6 aromatic carbocycles. The number of aromatic nitrogens is 3. The fourth-order valence-electron chi connectivity index (χ4n) is 9.01. The molecule has 6 aromatic heterocycles. The number of rotatable bonds is 3. The molecule has 0 saturated heterocycles. The summed E-state index contributed by atoms with van der Waals surface area (Å²) < 4.78 is 136. The van der Waals surface area contributed by atoms with E-state index >= 15 is 0 Å². The Morgan fingerprint density at radius 2 is 0.728 bits per heavy atom. The SMILES string of the molecule is O=c1c(-c2ncccc2C(F)(F)F)coc2ccc3c(O)c(O)ccc3c12.O=c1c(-c2ncccc2C(F)(F)F)coc2ccc3cc(O)c(O)cc3c12.O=c1c(-c2ncccc2C(F)(F)F)coc2ccc3ccc(O)c(O)c3c12. The van der Waals surface area contributed by atoms with E-state index in [1.54, 1.807) is 12.1 Å². The van der Waals surface area contributed by atoms with Gasteiger partial charge in [0.05, 0.1) is 66.6 Å². The Kier molecular flexibility index (Phi) is 13.3. The Hall–Kier alpha value is -10.7. The monoisotopic (exact) mass is 1120 g/mol. The second-order valence-electron chi connectivity index (χ2n) is 17.6. The Morgan fingerprint density at radius 3 is 1.21 bits per heavy atom. The van der Waals surface area contributed by atoms with Gasteiger partial charge in [-0.3, -0.25) is 29.3 Å². The van der Waals surface area contributed by atoms with Gasteiger partial charge in [0.1, 0.15) is 35.5 Å². The van der Waals surface area contributed by atoms with Crippen molar-refractivity contribution in [1.29, 1.82) is 0 Å². The van der Waals surface area contributed by atoms with Gasteiger partial charge in [-0.25, -0.2) is 0 Å². The topological polar surface area (TPSA) is 251 Å². The number of pyridine rings is 3. The fraction of sp³-hybridized carbons (Fsp3) is 0.0526. The second kappa shape index (κ2) is 20.0. The van der Waals surface area contributed by atoms with Gasteiger partial charge < -0.3 is 43.9 Å². The van der Waals surface area contributed by atoms with Gasteiger partial charge in [0.15, 0.2) is 34.5 Å². The van der Waals surface area contributed by atoms with Crippen molar-refractivity contribution in [2.24, 2.45) is 0 Å². The number of phenolic OH excluding ortho intramolecular Hbond substituents is 6. The zero-order valence-corrected chi connectivity index (χ0v) is 40.2. The lowest BCUT2D eigenvalue weighted by molar-refractivity contribution is -0.138. The number of hydrogen-bond donors (Lipinski definition) is 6. The maximum Gasteiger partial charge on any atom is 0.418 e. The second-order valence-corrected chi connectivity index (χ2v) is 17.6. The van der Waals surface area contributed by atoms with Crippen LogP contribution >= 0.6 is 0 Å². The minimum Gasteiger partial charge on any atom is -0.504 e. The molecule has 12 rings (SSSR count). The van der Waals surface area contributed by atoms with E-state index < -0.39 is 97.1 Å². The van der Waals surface area contributed by atoms with Crippen molar-refractivity contribution in [1.82, 2.24) is 15.0 Å². The zero-order valence-electron chi connectivity index (χ0n) is 40.2. The summed E-state index contributed by atoms with van der Waals surface area (Å²) in [5.41, 5.74) is -7.88. The first-order valence-electron chi connectivity index (χ1n) is 23.1. The van der Waals surface area contributed by atoms with Crippen LogP contribution in [0.3, 0.4) is 0 Å². The maximum atomic E-state index is 13.3. The third-order valence-corrected chi connectivity index (χ3v) is 12.7. The largest absolute Gasteiger partial charge is 0.504 e. The normalized spacial score (nSPS) is 12.0. The summed E-state index contributed by atoms with van der Waals surface area (Å²) in [6.45, 7) is 0. The van der Waals surface area contributed by atoms with Crippen LogP contribution in [0.5, 0.6) is 34.5 Å². The molecule has 6 N–H and O–H groups in total. The maximum absolute atomic E-state index is 13.3. The molecular weight excluding hydrogens is 1090 g/mol. The summed E-state index contributed by atoms with van der Waals surface area (Å²) in [5, 5.41) is 60.3. The fourth-order valence-corrected chi connectivity index (χ4v) is 9.01.